The highest BCUT2D eigenvalue weighted by Gasteiger charge is 2.50. The fourth-order valence-electron chi connectivity index (χ4n) is 4.98. The van der Waals surface area contributed by atoms with Crippen molar-refractivity contribution in [1.29, 1.82) is 0 Å². The second-order valence-corrected chi connectivity index (χ2v) is 10.3. The van der Waals surface area contributed by atoms with E-state index in [9.17, 15) is 0 Å². The van der Waals surface area contributed by atoms with Gasteiger partial charge in [-0.1, -0.05) is 18.2 Å². The van der Waals surface area contributed by atoms with Crippen molar-refractivity contribution in [3.05, 3.63) is 35.5 Å². The van der Waals surface area contributed by atoms with E-state index in [1.165, 1.54) is 54.6 Å². The number of para-hydroxylation sites is 1. The standard InChI is InChI=1S/C19H24N2S2/c1-21-9-4-6-13-12-19(22-10-5-11-23-19)18-16(17(13)21)14-7-2-3-8-15(14)20-18/h2-3,7-8,13,17,20H,4-6,9-12H2,1H3/t13-,17-/m0/s1. The Hall–Kier alpha value is -0.580. The molecule has 2 atom stereocenters. The molecule has 0 saturated carbocycles. The molecule has 4 heteroatoms. The van der Waals surface area contributed by atoms with Gasteiger partial charge in [0, 0.05) is 28.2 Å². The predicted octanol–water partition coefficient (Wildman–Crippen LogP) is 4.98. The lowest BCUT2D eigenvalue weighted by atomic mass is 9.76. The van der Waals surface area contributed by atoms with Crippen LogP contribution in [-0.4, -0.2) is 35.0 Å². The fourth-order valence-corrected chi connectivity index (χ4v) is 8.51. The molecule has 0 bridgehead atoms. The van der Waals surface area contributed by atoms with E-state index in [0.29, 0.717) is 6.04 Å². The topological polar surface area (TPSA) is 19.0 Å². The molecule has 3 aliphatic rings. The Morgan fingerprint density at radius 2 is 2.00 bits per heavy atom. The molecule has 1 spiro atoms. The van der Waals surface area contributed by atoms with Crippen LogP contribution in [0.5, 0.6) is 0 Å². The van der Waals surface area contributed by atoms with Crippen LogP contribution in [0.15, 0.2) is 24.3 Å². The van der Waals surface area contributed by atoms with Gasteiger partial charge in [0.2, 0.25) is 0 Å². The molecule has 1 aromatic heterocycles. The number of H-pyrrole nitrogens is 1. The molecule has 122 valence electrons. The van der Waals surface area contributed by atoms with E-state index in [1.807, 2.05) is 0 Å². The SMILES string of the molecule is CN1CCC[C@H]2CC3(SCCCS3)c3[nH]c4ccccc4c3[C@H]21. The van der Waals surface area contributed by atoms with Crippen molar-refractivity contribution in [2.75, 3.05) is 25.1 Å². The van der Waals surface area contributed by atoms with Crippen molar-refractivity contribution >= 4 is 34.4 Å². The van der Waals surface area contributed by atoms with Crippen LogP contribution in [0, 0.1) is 5.92 Å². The minimum Gasteiger partial charge on any atom is -0.356 e. The second-order valence-electron chi connectivity index (χ2n) is 7.29. The number of aromatic nitrogens is 1. The Morgan fingerprint density at radius 3 is 2.87 bits per heavy atom. The van der Waals surface area contributed by atoms with Gasteiger partial charge in [-0.3, -0.25) is 4.90 Å². The van der Waals surface area contributed by atoms with Crippen LogP contribution in [-0.2, 0) is 4.08 Å². The maximum atomic E-state index is 3.86. The van der Waals surface area contributed by atoms with Gasteiger partial charge in [0.15, 0.2) is 0 Å². The summed E-state index contributed by atoms with van der Waals surface area (Å²) >= 11 is 4.43. The average Bonchev–Trinajstić information content (AvgIpc) is 2.97. The molecule has 0 amide bonds. The molecular formula is C19H24N2S2. The first-order valence-electron chi connectivity index (χ1n) is 8.88. The van der Waals surface area contributed by atoms with Crippen LogP contribution >= 0.6 is 23.5 Å². The minimum absolute atomic E-state index is 0.284. The Morgan fingerprint density at radius 1 is 1.17 bits per heavy atom. The summed E-state index contributed by atoms with van der Waals surface area (Å²) in [5, 5.41) is 1.47. The van der Waals surface area contributed by atoms with Crippen LogP contribution in [0.2, 0.25) is 0 Å². The number of nitrogens with zero attached hydrogens (tertiary/aromatic N) is 1. The van der Waals surface area contributed by atoms with Crippen molar-refractivity contribution in [2.24, 2.45) is 5.92 Å². The van der Waals surface area contributed by atoms with Crippen LogP contribution in [0.3, 0.4) is 0 Å². The average molecular weight is 345 g/mol. The van der Waals surface area contributed by atoms with Gasteiger partial charge in [0.1, 0.15) is 4.08 Å². The van der Waals surface area contributed by atoms with Gasteiger partial charge in [0.25, 0.3) is 0 Å². The van der Waals surface area contributed by atoms with Crippen molar-refractivity contribution in [3.63, 3.8) is 0 Å². The molecule has 2 fully saturated rings. The molecule has 2 aliphatic heterocycles. The summed E-state index contributed by atoms with van der Waals surface area (Å²) in [7, 11) is 2.33. The van der Waals surface area contributed by atoms with E-state index in [4.69, 9.17) is 0 Å². The van der Waals surface area contributed by atoms with Crippen LogP contribution < -0.4 is 0 Å². The number of nitrogens with one attached hydrogen (secondary N) is 1. The quantitative estimate of drug-likeness (QED) is 0.727. The number of likely N-dealkylation sites (tertiary alicyclic amines) is 1. The van der Waals surface area contributed by atoms with Gasteiger partial charge in [-0.05, 0) is 62.8 Å². The normalized spacial score (nSPS) is 30.3. The van der Waals surface area contributed by atoms with Gasteiger partial charge in [0.05, 0.1) is 0 Å². The maximum absolute atomic E-state index is 3.86. The predicted molar refractivity (Wildman–Crippen MR) is 102 cm³/mol. The van der Waals surface area contributed by atoms with Gasteiger partial charge in [-0.15, -0.1) is 23.5 Å². The lowest BCUT2D eigenvalue weighted by Crippen LogP contribution is -2.43. The Kier molecular flexibility index (Phi) is 3.50. The third-order valence-corrected chi connectivity index (χ3v) is 9.29. The van der Waals surface area contributed by atoms with Gasteiger partial charge in [-0.25, -0.2) is 0 Å². The van der Waals surface area contributed by atoms with Crippen molar-refractivity contribution in [3.8, 4) is 0 Å². The Balaban J connectivity index is 1.76. The molecule has 5 rings (SSSR count). The molecule has 1 aliphatic carbocycles. The summed E-state index contributed by atoms with van der Waals surface area (Å²) in [5.41, 5.74) is 4.51. The molecule has 0 unspecified atom stereocenters. The van der Waals surface area contributed by atoms with Crippen molar-refractivity contribution in [1.82, 2.24) is 9.88 Å². The smallest absolute Gasteiger partial charge is 0.101 e. The van der Waals surface area contributed by atoms with Crippen LogP contribution in [0.25, 0.3) is 10.9 Å². The van der Waals surface area contributed by atoms with Gasteiger partial charge < -0.3 is 4.98 Å². The van der Waals surface area contributed by atoms with E-state index in [0.717, 1.165) is 5.92 Å². The number of thioether (sulfide) groups is 2. The van der Waals surface area contributed by atoms with Gasteiger partial charge >= 0.3 is 0 Å². The molecule has 3 heterocycles. The molecular weight excluding hydrogens is 320 g/mol. The van der Waals surface area contributed by atoms with Crippen molar-refractivity contribution in [2.45, 2.75) is 35.8 Å². The molecule has 2 aromatic rings. The highest BCUT2D eigenvalue weighted by molar-refractivity contribution is 8.18. The van der Waals surface area contributed by atoms with E-state index in [1.54, 1.807) is 11.3 Å². The maximum Gasteiger partial charge on any atom is 0.101 e. The van der Waals surface area contributed by atoms with E-state index in [-0.39, 0.29) is 4.08 Å². The molecule has 23 heavy (non-hydrogen) atoms. The number of rotatable bonds is 0. The summed E-state index contributed by atoms with van der Waals surface area (Å²) in [6, 6.07) is 9.58. The summed E-state index contributed by atoms with van der Waals surface area (Å²) in [4.78, 5) is 6.49. The second kappa shape index (κ2) is 5.47. The summed E-state index contributed by atoms with van der Waals surface area (Å²) in [6.07, 6.45) is 5.47. The lowest BCUT2D eigenvalue weighted by Gasteiger charge is -2.50. The number of hydrogen-bond donors (Lipinski definition) is 1. The Bertz CT molecular complexity index is 732. The summed E-state index contributed by atoms with van der Waals surface area (Å²) < 4.78 is 0.284. The number of piperidine rings is 1. The fraction of sp³-hybridized carbons (Fsp3) is 0.579. The number of fused-ring (bicyclic) bond motifs is 6. The highest BCUT2D eigenvalue weighted by Crippen LogP contribution is 2.62. The number of aromatic amines is 1. The third kappa shape index (κ3) is 2.14. The zero-order valence-corrected chi connectivity index (χ0v) is 15.3. The summed E-state index contributed by atoms with van der Waals surface area (Å²) in [5.74, 6) is 3.45. The zero-order chi connectivity index (χ0) is 15.4. The van der Waals surface area contributed by atoms with E-state index >= 15 is 0 Å². The first-order valence-corrected chi connectivity index (χ1v) is 10.8. The number of benzene rings is 1. The van der Waals surface area contributed by atoms with Crippen molar-refractivity contribution < 1.29 is 0 Å². The molecule has 1 aromatic carbocycles. The molecule has 0 radical (unpaired) electrons. The third-order valence-electron chi connectivity index (χ3n) is 5.92. The van der Waals surface area contributed by atoms with E-state index in [2.05, 4.69) is 64.7 Å². The molecule has 1 N–H and O–H groups in total. The van der Waals surface area contributed by atoms with Crippen LogP contribution in [0.4, 0.5) is 0 Å². The first kappa shape index (κ1) is 14.7. The highest BCUT2D eigenvalue weighted by atomic mass is 32.2. The van der Waals surface area contributed by atoms with E-state index < -0.39 is 0 Å². The molecule has 2 saturated heterocycles. The van der Waals surface area contributed by atoms with Gasteiger partial charge in [-0.2, -0.15) is 0 Å². The zero-order valence-electron chi connectivity index (χ0n) is 13.7. The Labute approximate surface area is 146 Å². The monoisotopic (exact) mass is 344 g/mol. The minimum atomic E-state index is 0.284. The summed E-state index contributed by atoms with van der Waals surface area (Å²) in [6.45, 7) is 1.24. The molecule has 2 nitrogen and oxygen atoms in total. The van der Waals surface area contributed by atoms with Crippen LogP contribution in [0.1, 0.15) is 43.0 Å². The number of hydrogen-bond acceptors (Lipinski definition) is 3. The lowest BCUT2D eigenvalue weighted by molar-refractivity contribution is 0.104. The first-order chi connectivity index (χ1) is 11.3. The largest absolute Gasteiger partial charge is 0.356 e.